The van der Waals surface area contributed by atoms with Crippen LogP contribution in [0.15, 0.2) is 59.6 Å². The molecule has 0 bridgehead atoms. The van der Waals surface area contributed by atoms with E-state index in [1.807, 2.05) is 76.2 Å². The molecule has 0 aliphatic carbocycles. The first kappa shape index (κ1) is 23.8. The first-order chi connectivity index (χ1) is 15.6. The van der Waals surface area contributed by atoms with Crippen molar-refractivity contribution >= 4 is 27.3 Å². The fourth-order valence-electron chi connectivity index (χ4n) is 4.19. The summed E-state index contributed by atoms with van der Waals surface area (Å²) in [5, 5.41) is 5.39. The maximum absolute atomic E-state index is 13.7. The van der Waals surface area contributed by atoms with Crippen LogP contribution in [-0.4, -0.2) is 48.7 Å². The third-order valence-electron chi connectivity index (χ3n) is 5.99. The van der Waals surface area contributed by atoms with Gasteiger partial charge in [-0.2, -0.15) is 9.40 Å². The lowest BCUT2D eigenvalue weighted by Crippen LogP contribution is -2.49. The zero-order valence-corrected chi connectivity index (χ0v) is 21.2. The SMILES string of the molecule is Cc1ccc(Cl)cc1N1CCN(S(=O)(=O)c2cn(Cc3ccccc3)nc2C(C)(C)C)CC1. The molecule has 2 aromatic carbocycles. The van der Waals surface area contributed by atoms with Crippen molar-refractivity contribution in [2.24, 2.45) is 0 Å². The summed E-state index contributed by atoms with van der Waals surface area (Å²) in [6, 6.07) is 15.8. The van der Waals surface area contributed by atoms with Crippen molar-refractivity contribution in [3.8, 4) is 0 Å². The van der Waals surface area contributed by atoms with Gasteiger partial charge in [0, 0.05) is 48.5 Å². The maximum Gasteiger partial charge on any atom is 0.246 e. The van der Waals surface area contributed by atoms with Gasteiger partial charge in [-0.3, -0.25) is 4.68 Å². The number of benzene rings is 2. The molecule has 0 amide bonds. The third-order valence-corrected chi connectivity index (χ3v) is 8.13. The predicted octanol–water partition coefficient (Wildman–Crippen LogP) is 4.70. The van der Waals surface area contributed by atoms with Gasteiger partial charge >= 0.3 is 0 Å². The maximum atomic E-state index is 13.7. The minimum atomic E-state index is -3.67. The second kappa shape index (κ2) is 9.12. The fourth-order valence-corrected chi connectivity index (χ4v) is 6.13. The molecule has 1 aliphatic heterocycles. The summed E-state index contributed by atoms with van der Waals surface area (Å²) in [4.78, 5) is 2.51. The van der Waals surface area contributed by atoms with E-state index < -0.39 is 15.4 Å². The van der Waals surface area contributed by atoms with Crippen molar-refractivity contribution in [3.05, 3.63) is 76.6 Å². The van der Waals surface area contributed by atoms with Gasteiger partial charge in [0.05, 0.1) is 12.2 Å². The van der Waals surface area contributed by atoms with Gasteiger partial charge in [-0.25, -0.2) is 8.42 Å². The molecule has 1 saturated heterocycles. The van der Waals surface area contributed by atoms with Gasteiger partial charge in [-0.15, -0.1) is 0 Å². The van der Waals surface area contributed by atoms with Gasteiger partial charge in [0.2, 0.25) is 10.0 Å². The van der Waals surface area contributed by atoms with Gasteiger partial charge in [-0.05, 0) is 30.2 Å². The summed E-state index contributed by atoms with van der Waals surface area (Å²) in [6.07, 6.45) is 1.69. The second-order valence-corrected chi connectivity index (χ2v) is 11.9. The highest BCUT2D eigenvalue weighted by molar-refractivity contribution is 7.89. The number of aromatic nitrogens is 2. The van der Waals surface area contributed by atoms with Crippen molar-refractivity contribution in [3.63, 3.8) is 0 Å². The standard InChI is InChI=1S/C25H31ClN4O2S/c1-19-10-11-21(26)16-22(19)28-12-14-30(15-13-28)33(31,32)23-18-29(27-24(23)25(2,3)4)17-20-8-6-5-7-9-20/h5-11,16,18H,12-15,17H2,1-4H3. The first-order valence-corrected chi connectivity index (χ1v) is 13.0. The number of hydrogen-bond acceptors (Lipinski definition) is 4. The molecular weight excluding hydrogens is 456 g/mol. The Bertz CT molecular complexity index is 1230. The van der Waals surface area contributed by atoms with Crippen LogP contribution in [0.25, 0.3) is 0 Å². The van der Waals surface area contributed by atoms with Crippen LogP contribution in [0.3, 0.4) is 0 Å². The summed E-state index contributed by atoms with van der Waals surface area (Å²) in [7, 11) is -3.67. The lowest BCUT2D eigenvalue weighted by atomic mass is 9.92. The lowest BCUT2D eigenvalue weighted by molar-refractivity contribution is 0.383. The molecule has 2 heterocycles. The molecule has 0 atom stereocenters. The number of piperazine rings is 1. The Balaban J connectivity index is 1.58. The number of aryl methyl sites for hydroxylation is 1. The quantitative estimate of drug-likeness (QED) is 0.524. The van der Waals surface area contributed by atoms with E-state index >= 15 is 0 Å². The number of anilines is 1. The van der Waals surface area contributed by atoms with E-state index in [0.29, 0.717) is 48.3 Å². The van der Waals surface area contributed by atoms with E-state index in [-0.39, 0.29) is 0 Å². The van der Waals surface area contributed by atoms with E-state index in [2.05, 4.69) is 4.90 Å². The minimum absolute atomic E-state index is 0.304. The second-order valence-electron chi connectivity index (χ2n) is 9.60. The number of nitrogens with zero attached hydrogens (tertiary/aromatic N) is 4. The van der Waals surface area contributed by atoms with Gasteiger partial charge in [0.15, 0.2) is 0 Å². The molecule has 1 fully saturated rings. The smallest absolute Gasteiger partial charge is 0.246 e. The Kier molecular flexibility index (Phi) is 6.58. The van der Waals surface area contributed by atoms with Crippen LogP contribution in [-0.2, 0) is 22.0 Å². The van der Waals surface area contributed by atoms with Gasteiger partial charge in [0.25, 0.3) is 0 Å². The van der Waals surface area contributed by atoms with E-state index in [1.165, 1.54) is 0 Å². The number of sulfonamides is 1. The lowest BCUT2D eigenvalue weighted by Gasteiger charge is -2.36. The van der Waals surface area contributed by atoms with Gasteiger partial charge in [0.1, 0.15) is 4.90 Å². The summed E-state index contributed by atoms with van der Waals surface area (Å²) in [6.45, 7) is 10.6. The zero-order valence-electron chi connectivity index (χ0n) is 19.6. The van der Waals surface area contributed by atoms with Crippen molar-refractivity contribution in [1.82, 2.24) is 14.1 Å². The Labute approximate surface area is 201 Å². The van der Waals surface area contributed by atoms with E-state index in [4.69, 9.17) is 16.7 Å². The molecule has 4 rings (SSSR count). The van der Waals surface area contributed by atoms with Gasteiger partial charge in [-0.1, -0.05) is 68.8 Å². The summed E-state index contributed by atoms with van der Waals surface area (Å²) >= 11 is 6.20. The number of halogens is 1. The molecule has 0 radical (unpaired) electrons. The van der Waals surface area contributed by atoms with Crippen LogP contribution in [0.4, 0.5) is 5.69 Å². The van der Waals surface area contributed by atoms with E-state index in [0.717, 1.165) is 16.8 Å². The van der Waals surface area contributed by atoms with Crippen LogP contribution >= 0.6 is 11.6 Å². The Hall–Kier alpha value is -2.35. The monoisotopic (exact) mass is 486 g/mol. The Morgan fingerprint density at radius 2 is 1.67 bits per heavy atom. The third kappa shape index (κ3) is 5.10. The summed E-state index contributed by atoms with van der Waals surface area (Å²) in [5.41, 5.74) is 3.48. The van der Waals surface area contributed by atoms with Crippen molar-refractivity contribution in [2.75, 3.05) is 31.1 Å². The molecule has 1 aromatic heterocycles. The fraction of sp³-hybridized carbons (Fsp3) is 0.400. The number of rotatable bonds is 5. The van der Waals surface area contributed by atoms with Gasteiger partial charge < -0.3 is 4.90 Å². The van der Waals surface area contributed by atoms with Crippen LogP contribution in [0.5, 0.6) is 0 Å². The Morgan fingerprint density at radius 3 is 2.30 bits per heavy atom. The molecule has 3 aromatic rings. The molecule has 0 N–H and O–H groups in total. The molecule has 1 aliphatic rings. The normalized spacial score (nSPS) is 15.7. The van der Waals surface area contributed by atoms with E-state index in [1.54, 1.807) is 15.2 Å². The highest BCUT2D eigenvalue weighted by Crippen LogP contribution is 2.31. The van der Waals surface area contributed by atoms with Crippen LogP contribution < -0.4 is 4.90 Å². The molecular formula is C25H31ClN4O2S. The first-order valence-electron chi connectivity index (χ1n) is 11.2. The predicted molar refractivity (Wildman–Crippen MR) is 134 cm³/mol. The highest BCUT2D eigenvalue weighted by Gasteiger charge is 2.35. The van der Waals surface area contributed by atoms with Crippen molar-refractivity contribution in [1.29, 1.82) is 0 Å². The van der Waals surface area contributed by atoms with Crippen LogP contribution in [0, 0.1) is 6.92 Å². The molecule has 8 heteroatoms. The average molecular weight is 487 g/mol. The Morgan fingerprint density at radius 1 is 1.00 bits per heavy atom. The van der Waals surface area contributed by atoms with E-state index in [9.17, 15) is 8.42 Å². The van der Waals surface area contributed by atoms with Crippen molar-refractivity contribution < 1.29 is 8.42 Å². The van der Waals surface area contributed by atoms with Crippen LogP contribution in [0.2, 0.25) is 5.02 Å². The zero-order chi connectivity index (χ0) is 23.8. The van der Waals surface area contributed by atoms with Crippen molar-refractivity contribution in [2.45, 2.75) is 44.6 Å². The molecule has 6 nitrogen and oxygen atoms in total. The average Bonchev–Trinajstić information content (AvgIpc) is 3.22. The topological polar surface area (TPSA) is 58.4 Å². The molecule has 176 valence electrons. The van der Waals surface area contributed by atoms with Crippen LogP contribution in [0.1, 0.15) is 37.6 Å². The highest BCUT2D eigenvalue weighted by atomic mass is 35.5. The molecule has 0 spiro atoms. The summed E-state index contributed by atoms with van der Waals surface area (Å²) < 4.78 is 30.8. The summed E-state index contributed by atoms with van der Waals surface area (Å²) in [5.74, 6) is 0. The molecule has 0 unspecified atom stereocenters. The molecule has 33 heavy (non-hydrogen) atoms. The number of hydrogen-bond donors (Lipinski definition) is 0. The largest absolute Gasteiger partial charge is 0.369 e. The minimum Gasteiger partial charge on any atom is -0.369 e. The molecule has 0 saturated carbocycles.